The van der Waals surface area contributed by atoms with Crippen LogP contribution in [0.25, 0.3) is 5.65 Å². The van der Waals surface area contributed by atoms with Crippen molar-refractivity contribution in [3.8, 4) is 0 Å². The summed E-state index contributed by atoms with van der Waals surface area (Å²) in [5.74, 6) is 0. The summed E-state index contributed by atoms with van der Waals surface area (Å²) in [7, 11) is 0. The highest BCUT2D eigenvalue weighted by atomic mass is 16.2. The first-order valence-electron chi connectivity index (χ1n) is 6.32. The lowest BCUT2D eigenvalue weighted by Gasteiger charge is -2.26. The highest BCUT2D eigenvalue weighted by Gasteiger charge is 2.11. The summed E-state index contributed by atoms with van der Waals surface area (Å²) in [4.78, 5) is 14.4. The summed E-state index contributed by atoms with van der Waals surface area (Å²) in [5.41, 5.74) is 0.656. The van der Waals surface area contributed by atoms with Crippen LogP contribution in [0.1, 0.15) is 0 Å². The lowest BCUT2D eigenvalue weighted by atomic mass is 10.3. The average molecular weight is 247 g/mol. The van der Waals surface area contributed by atoms with Gasteiger partial charge in [-0.15, -0.1) is 5.10 Å². The molecule has 1 aliphatic heterocycles. The van der Waals surface area contributed by atoms with Crippen LogP contribution in [-0.2, 0) is 6.54 Å². The van der Waals surface area contributed by atoms with Crippen molar-refractivity contribution in [3.63, 3.8) is 0 Å². The number of hydrogen-bond donors (Lipinski definition) is 1. The summed E-state index contributed by atoms with van der Waals surface area (Å²) in [5, 5.41) is 7.64. The fourth-order valence-electron chi connectivity index (χ4n) is 2.28. The highest BCUT2D eigenvalue weighted by Crippen LogP contribution is 1.96. The number of piperazine rings is 1. The van der Waals surface area contributed by atoms with Crippen LogP contribution in [0.15, 0.2) is 29.2 Å². The molecule has 2 aromatic heterocycles. The molecular weight excluding hydrogens is 230 g/mol. The molecule has 0 amide bonds. The molecular formula is C12H17N5O. The van der Waals surface area contributed by atoms with Gasteiger partial charge in [0.1, 0.15) is 0 Å². The second-order valence-corrected chi connectivity index (χ2v) is 4.53. The van der Waals surface area contributed by atoms with Gasteiger partial charge in [0.25, 0.3) is 0 Å². The Morgan fingerprint density at radius 2 is 2.06 bits per heavy atom. The Balaban J connectivity index is 1.74. The van der Waals surface area contributed by atoms with Crippen molar-refractivity contribution >= 4 is 5.65 Å². The zero-order chi connectivity index (χ0) is 12.4. The number of rotatable bonds is 3. The lowest BCUT2D eigenvalue weighted by Crippen LogP contribution is -2.45. The normalized spacial score (nSPS) is 17.3. The van der Waals surface area contributed by atoms with Crippen LogP contribution in [0, 0.1) is 0 Å². The molecule has 0 spiro atoms. The smallest absolute Gasteiger partial charge is 0.314 e. The number of nitrogens with zero attached hydrogens (tertiary/aromatic N) is 4. The van der Waals surface area contributed by atoms with Crippen LogP contribution < -0.4 is 11.0 Å². The van der Waals surface area contributed by atoms with E-state index < -0.39 is 0 Å². The lowest BCUT2D eigenvalue weighted by molar-refractivity contribution is 0.228. The molecule has 1 aliphatic rings. The van der Waals surface area contributed by atoms with Crippen molar-refractivity contribution in [3.05, 3.63) is 34.9 Å². The van der Waals surface area contributed by atoms with Crippen LogP contribution in [-0.4, -0.2) is 51.8 Å². The number of hydrogen-bond acceptors (Lipinski definition) is 4. The Hall–Kier alpha value is -1.66. The van der Waals surface area contributed by atoms with E-state index in [1.165, 1.54) is 0 Å². The van der Waals surface area contributed by atoms with E-state index in [1.807, 2.05) is 18.2 Å². The first-order chi connectivity index (χ1) is 8.84. The Morgan fingerprint density at radius 1 is 1.22 bits per heavy atom. The van der Waals surface area contributed by atoms with Gasteiger partial charge in [-0.2, -0.15) is 0 Å². The van der Waals surface area contributed by atoms with E-state index in [0.29, 0.717) is 12.2 Å². The minimum Gasteiger partial charge on any atom is -0.314 e. The molecule has 1 saturated heterocycles. The van der Waals surface area contributed by atoms with Gasteiger partial charge in [0.05, 0.1) is 6.54 Å². The molecule has 1 N–H and O–H groups in total. The van der Waals surface area contributed by atoms with Gasteiger partial charge in [0, 0.05) is 38.9 Å². The van der Waals surface area contributed by atoms with Crippen molar-refractivity contribution in [1.82, 2.24) is 24.4 Å². The minimum absolute atomic E-state index is 0.0549. The predicted molar refractivity (Wildman–Crippen MR) is 68.8 cm³/mol. The Bertz CT molecular complexity index is 581. The van der Waals surface area contributed by atoms with Crippen molar-refractivity contribution in [2.75, 3.05) is 32.7 Å². The van der Waals surface area contributed by atoms with Gasteiger partial charge in [0.2, 0.25) is 0 Å². The first kappa shape index (κ1) is 11.4. The summed E-state index contributed by atoms with van der Waals surface area (Å²) in [6.45, 7) is 5.68. The van der Waals surface area contributed by atoms with E-state index in [1.54, 1.807) is 15.3 Å². The molecule has 0 unspecified atom stereocenters. The Labute approximate surface area is 105 Å². The predicted octanol–water partition coefficient (Wildman–Crippen LogP) is -0.599. The van der Waals surface area contributed by atoms with Gasteiger partial charge in [0.15, 0.2) is 5.65 Å². The van der Waals surface area contributed by atoms with Crippen LogP contribution >= 0.6 is 0 Å². The minimum atomic E-state index is -0.0549. The van der Waals surface area contributed by atoms with Gasteiger partial charge in [-0.3, -0.25) is 9.30 Å². The zero-order valence-corrected chi connectivity index (χ0v) is 10.2. The SMILES string of the molecule is O=c1n(CCN2CCNCC2)nc2ccccn12. The molecule has 3 heterocycles. The molecule has 6 heteroatoms. The van der Waals surface area contributed by atoms with Gasteiger partial charge >= 0.3 is 5.69 Å². The topological polar surface area (TPSA) is 54.6 Å². The van der Waals surface area contributed by atoms with Gasteiger partial charge in [-0.05, 0) is 12.1 Å². The molecule has 0 atom stereocenters. The molecule has 0 aliphatic carbocycles. The van der Waals surface area contributed by atoms with E-state index in [-0.39, 0.29) is 5.69 Å². The maximum Gasteiger partial charge on any atom is 0.350 e. The van der Waals surface area contributed by atoms with E-state index in [2.05, 4.69) is 15.3 Å². The maximum absolute atomic E-state index is 12.0. The third kappa shape index (κ3) is 2.16. The second-order valence-electron chi connectivity index (χ2n) is 4.53. The second kappa shape index (κ2) is 4.91. The van der Waals surface area contributed by atoms with Crippen LogP contribution in [0.2, 0.25) is 0 Å². The maximum atomic E-state index is 12.0. The number of nitrogens with one attached hydrogen (secondary N) is 1. The molecule has 0 radical (unpaired) electrons. The average Bonchev–Trinajstić information content (AvgIpc) is 2.75. The summed E-state index contributed by atoms with van der Waals surface area (Å²) < 4.78 is 3.13. The quantitative estimate of drug-likeness (QED) is 0.787. The molecule has 6 nitrogen and oxygen atoms in total. The molecule has 1 fully saturated rings. The van der Waals surface area contributed by atoms with Crippen LogP contribution in [0.3, 0.4) is 0 Å². The first-order valence-corrected chi connectivity index (χ1v) is 6.32. The van der Waals surface area contributed by atoms with Gasteiger partial charge < -0.3 is 5.32 Å². The van der Waals surface area contributed by atoms with Crippen molar-refractivity contribution in [2.24, 2.45) is 0 Å². The Morgan fingerprint density at radius 3 is 2.83 bits per heavy atom. The molecule has 2 aromatic rings. The third-order valence-electron chi connectivity index (χ3n) is 3.33. The van der Waals surface area contributed by atoms with Crippen LogP contribution in [0.5, 0.6) is 0 Å². The summed E-state index contributed by atoms with van der Waals surface area (Å²) in [6, 6.07) is 5.59. The molecule has 3 rings (SSSR count). The van der Waals surface area contributed by atoms with Crippen molar-refractivity contribution in [1.29, 1.82) is 0 Å². The standard InChI is InChI=1S/C12H17N5O/c18-12-16-6-2-1-3-11(16)14-17(12)10-9-15-7-4-13-5-8-15/h1-3,6,13H,4-5,7-10H2. The third-order valence-corrected chi connectivity index (χ3v) is 3.33. The number of aromatic nitrogens is 3. The van der Waals surface area contributed by atoms with E-state index in [9.17, 15) is 4.79 Å². The fraction of sp³-hybridized carbons (Fsp3) is 0.500. The number of fused-ring (bicyclic) bond motifs is 1. The van der Waals surface area contributed by atoms with E-state index in [4.69, 9.17) is 0 Å². The molecule has 0 bridgehead atoms. The molecule has 18 heavy (non-hydrogen) atoms. The summed E-state index contributed by atoms with van der Waals surface area (Å²) in [6.07, 6.45) is 1.76. The fourth-order valence-corrected chi connectivity index (χ4v) is 2.28. The van der Waals surface area contributed by atoms with Crippen molar-refractivity contribution in [2.45, 2.75) is 6.54 Å². The zero-order valence-electron chi connectivity index (χ0n) is 10.2. The highest BCUT2D eigenvalue weighted by molar-refractivity contribution is 5.35. The summed E-state index contributed by atoms with van der Waals surface area (Å²) >= 11 is 0. The van der Waals surface area contributed by atoms with Crippen LogP contribution in [0.4, 0.5) is 0 Å². The van der Waals surface area contributed by atoms with Gasteiger partial charge in [-0.25, -0.2) is 9.48 Å². The molecule has 0 saturated carbocycles. The molecule has 0 aromatic carbocycles. The Kier molecular flexibility index (Phi) is 3.12. The van der Waals surface area contributed by atoms with E-state index >= 15 is 0 Å². The van der Waals surface area contributed by atoms with Gasteiger partial charge in [-0.1, -0.05) is 6.07 Å². The van der Waals surface area contributed by atoms with E-state index in [0.717, 1.165) is 32.7 Å². The monoisotopic (exact) mass is 247 g/mol. The van der Waals surface area contributed by atoms with Crippen molar-refractivity contribution < 1.29 is 0 Å². The molecule has 96 valence electrons. The number of pyridine rings is 1. The largest absolute Gasteiger partial charge is 0.350 e.